The number of nitrogens with zero attached hydrogens (tertiary/aromatic N) is 4. The second-order valence-electron chi connectivity index (χ2n) is 4.05. The van der Waals surface area contributed by atoms with Crippen molar-refractivity contribution < 1.29 is 8.78 Å². The Kier molecular flexibility index (Phi) is 5.43. The molecule has 0 aromatic carbocycles. The maximum Gasteiger partial charge on any atom is 0.282 e. The van der Waals surface area contributed by atoms with Gasteiger partial charge in [-0.1, -0.05) is 13.8 Å². The van der Waals surface area contributed by atoms with Crippen LogP contribution in [0.3, 0.4) is 0 Å². The first-order valence-electron chi connectivity index (χ1n) is 6.82. The molecule has 0 amide bonds. The van der Waals surface area contributed by atoms with Crippen LogP contribution < -0.4 is 0 Å². The number of hydrogen-bond donors (Lipinski definition) is 0. The van der Waals surface area contributed by atoms with Gasteiger partial charge in [0, 0.05) is 11.1 Å². The van der Waals surface area contributed by atoms with Crippen molar-refractivity contribution in [1.82, 2.24) is 19.6 Å². The number of pyridine rings is 1. The van der Waals surface area contributed by atoms with Crippen molar-refractivity contribution in [3.63, 3.8) is 0 Å². The van der Waals surface area contributed by atoms with Crippen LogP contribution in [0.15, 0.2) is 41.6 Å². The van der Waals surface area contributed by atoms with Crippen LogP contribution in [0.1, 0.15) is 26.0 Å². The smallest absolute Gasteiger partial charge is 0.254 e. The van der Waals surface area contributed by atoms with E-state index in [1.807, 2.05) is 32.2 Å². The third-order valence-electron chi connectivity index (χ3n) is 2.84. The van der Waals surface area contributed by atoms with E-state index in [9.17, 15) is 8.78 Å². The fraction of sp³-hybridized carbons (Fsp3) is 0.267. The van der Waals surface area contributed by atoms with E-state index in [0.717, 1.165) is 4.90 Å². The van der Waals surface area contributed by atoms with Crippen LogP contribution in [0.25, 0.3) is 17.0 Å². The second-order valence-corrected chi connectivity index (χ2v) is 4.93. The van der Waals surface area contributed by atoms with Crippen LogP contribution in [0.4, 0.5) is 8.78 Å². The van der Waals surface area contributed by atoms with Crippen molar-refractivity contribution in [3.05, 3.63) is 42.4 Å². The Morgan fingerprint density at radius 3 is 2.59 bits per heavy atom. The highest BCUT2D eigenvalue weighted by Crippen LogP contribution is 2.24. The zero-order valence-electron chi connectivity index (χ0n) is 12.5. The lowest BCUT2D eigenvalue weighted by Crippen LogP contribution is -2.00. The topological polar surface area (TPSA) is 43.1 Å². The SMILES string of the molecule is CC.CSc1ccnc(-c2cnc3ccc(C(F)F)nn23)c1. The van der Waals surface area contributed by atoms with Gasteiger partial charge in [-0.2, -0.15) is 5.10 Å². The number of hydrogen-bond acceptors (Lipinski definition) is 4. The van der Waals surface area contributed by atoms with Gasteiger partial charge in [-0.05, 0) is 30.5 Å². The molecule has 0 N–H and O–H groups in total. The molecule has 0 aliphatic carbocycles. The molecule has 0 unspecified atom stereocenters. The van der Waals surface area contributed by atoms with E-state index >= 15 is 0 Å². The number of fused-ring (bicyclic) bond motifs is 1. The van der Waals surface area contributed by atoms with E-state index in [-0.39, 0.29) is 5.69 Å². The fourth-order valence-corrected chi connectivity index (χ4v) is 2.28. The first-order chi connectivity index (χ1) is 10.7. The van der Waals surface area contributed by atoms with Crippen molar-refractivity contribution in [3.8, 4) is 11.4 Å². The van der Waals surface area contributed by atoms with Gasteiger partial charge in [-0.25, -0.2) is 18.3 Å². The molecule has 0 fully saturated rings. The molecule has 0 spiro atoms. The minimum Gasteiger partial charge on any atom is -0.254 e. The lowest BCUT2D eigenvalue weighted by Gasteiger charge is -2.04. The minimum absolute atomic E-state index is 0.280. The van der Waals surface area contributed by atoms with Gasteiger partial charge in [-0.3, -0.25) is 4.98 Å². The molecule has 22 heavy (non-hydrogen) atoms. The number of imidazole rings is 1. The van der Waals surface area contributed by atoms with E-state index in [4.69, 9.17) is 0 Å². The highest BCUT2D eigenvalue weighted by molar-refractivity contribution is 7.98. The minimum atomic E-state index is -2.61. The van der Waals surface area contributed by atoms with Crippen molar-refractivity contribution in [2.75, 3.05) is 6.26 Å². The Bertz CT molecular complexity index is 758. The van der Waals surface area contributed by atoms with Gasteiger partial charge in [0.2, 0.25) is 0 Å². The summed E-state index contributed by atoms with van der Waals surface area (Å²) >= 11 is 1.58. The molecule has 0 aliphatic heterocycles. The molecule has 116 valence electrons. The first kappa shape index (κ1) is 16.4. The molecule has 0 bridgehead atoms. The zero-order valence-corrected chi connectivity index (χ0v) is 13.3. The summed E-state index contributed by atoms with van der Waals surface area (Å²) in [5.74, 6) is 0. The summed E-state index contributed by atoms with van der Waals surface area (Å²) in [6.45, 7) is 4.00. The van der Waals surface area contributed by atoms with Gasteiger partial charge in [0.1, 0.15) is 11.4 Å². The molecule has 0 saturated carbocycles. The number of rotatable bonds is 3. The average Bonchev–Trinajstić information content (AvgIpc) is 2.99. The molecular formula is C15H16F2N4S. The Labute approximate surface area is 131 Å². The van der Waals surface area contributed by atoms with Crippen molar-refractivity contribution >= 4 is 17.4 Å². The molecule has 0 aliphatic rings. The number of alkyl halides is 2. The largest absolute Gasteiger partial charge is 0.282 e. The lowest BCUT2D eigenvalue weighted by atomic mass is 10.3. The number of aromatic nitrogens is 4. The van der Waals surface area contributed by atoms with Gasteiger partial charge in [0.15, 0.2) is 5.65 Å². The Morgan fingerprint density at radius 1 is 1.14 bits per heavy atom. The van der Waals surface area contributed by atoms with E-state index in [1.54, 1.807) is 24.2 Å². The average molecular weight is 322 g/mol. The fourth-order valence-electron chi connectivity index (χ4n) is 1.86. The molecular weight excluding hydrogens is 306 g/mol. The van der Waals surface area contributed by atoms with E-state index < -0.39 is 6.43 Å². The summed E-state index contributed by atoms with van der Waals surface area (Å²) in [6.07, 6.45) is 2.61. The quantitative estimate of drug-likeness (QED) is 0.667. The summed E-state index contributed by atoms with van der Waals surface area (Å²) in [7, 11) is 0. The highest BCUT2D eigenvalue weighted by Gasteiger charge is 2.13. The van der Waals surface area contributed by atoms with Gasteiger partial charge >= 0.3 is 0 Å². The maximum atomic E-state index is 12.7. The van der Waals surface area contributed by atoms with E-state index in [2.05, 4.69) is 15.1 Å². The van der Waals surface area contributed by atoms with Crippen LogP contribution >= 0.6 is 11.8 Å². The van der Waals surface area contributed by atoms with Crippen LogP contribution in [-0.2, 0) is 0 Å². The van der Waals surface area contributed by atoms with Gasteiger partial charge in [0.05, 0.1) is 11.9 Å². The van der Waals surface area contributed by atoms with E-state index in [1.165, 1.54) is 16.6 Å². The van der Waals surface area contributed by atoms with Crippen LogP contribution in [0.2, 0.25) is 0 Å². The van der Waals surface area contributed by atoms with E-state index in [0.29, 0.717) is 17.0 Å². The normalized spacial score (nSPS) is 10.6. The van der Waals surface area contributed by atoms with Crippen LogP contribution in [0.5, 0.6) is 0 Å². The molecule has 4 nitrogen and oxygen atoms in total. The van der Waals surface area contributed by atoms with Gasteiger partial charge < -0.3 is 0 Å². The summed E-state index contributed by atoms with van der Waals surface area (Å²) in [5.41, 5.74) is 1.49. The predicted octanol–water partition coefficient (Wildman–Crippen LogP) is 4.48. The van der Waals surface area contributed by atoms with Crippen molar-refractivity contribution in [1.29, 1.82) is 0 Å². The molecule has 0 radical (unpaired) electrons. The van der Waals surface area contributed by atoms with Crippen LogP contribution in [0, 0.1) is 0 Å². The number of halogens is 2. The first-order valence-corrected chi connectivity index (χ1v) is 8.05. The standard InChI is InChI=1S/C13H10F2N4S.C2H6/c1-20-8-4-5-16-10(6-8)11-7-17-12-3-2-9(13(14)15)18-19(11)12;1-2/h2-7,13H,1H3;1-2H3. The van der Waals surface area contributed by atoms with Gasteiger partial charge in [0.25, 0.3) is 6.43 Å². The number of thioether (sulfide) groups is 1. The maximum absolute atomic E-state index is 12.7. The summed E-state index contributed by atoms with van der Waals surface area (Å²) in [6, 6.07) is 6.57. The Balaban J connectivity index is 0.000000847. The molecule has 3 rings (SSSR count). The Hall–Kier alpha value is -2.02. The van der Waals surface area contributed by atoms with Crippen molar-refractivity contribution in [2.24, 2.45) is 0 Å². The predicted molar refractivity (Wildman–Crippen MR) is 84.3 cm³/mol. The molecule has 3 aromatic rings. The summed E-state index contributed by atoms with van der Waals surface area (Å²) < 4.78 is 26.9. The molecule has 0 saturated heterocycles. The molecule has 0 atom stereocenters. The van der Waals surface area contributed by atoms with Gasteiger partial charge in [-0.15, -0.1) is 11.8 Å². The molecule has 3 heterocycles. The zero-order chi connectivity index (χ0) is 16.1. The third-order valence-corrected chi connectivity index (χ3v) is 3.56. The lowest BCUT2D eigenvalue weighted by molar-refractivity contribution is 0.144. The highest BCUT2D eigenvalue weighted by atomic mass is 32.2. The summed E-state index contributed by atoms with van der Waals surface area (Å²) in [4.78, 5) is 9.45. The second kappa shape index (κ2) is 7.31. The van der Waals surface area contributed by atoms with Crippen LogP contribution in [-0.4, -0.2) is 25.8 Å². The third kappa shape index (κ3) is 3.24. The van der Waals surface area contributed by atoms with Crippen molar-refractivity contribution in [2.45, 2.75) is 25.2 Å². The monoisotopic (exact) mass is 322 g/mol. The Morgan fingerprint density at radius 2 is 1.91 bits per heavy atom. The summed E-state index contributed by atoms with van der Waals surface area (Å²) in [5, 5.41) is 3.92. The molecule has 3 aromatic heterocycles. The molecule has 7 heteroatoms.